The van der Waals surface area contributed by atoms with Crippen LogP contribution in [0.2, 0.25) is 5.02 Å². The molecule has 0 fully saturated rings. The van der Waals surface area contributed by atoms with E-state index in [-0.39, 0.29) is 5.97 Å². The molecule has 0 atom stereocenters. The molecule has 0 bridgehead atoms. The predicted molar refractivity (Wildman–Crippen MR) is 71.7 cm³/mol. The Morgan fingerprint density at radius 1 is 1.53 bits per heavy atom. The molecule has 5 heteroatoms. The van der Waals surface area contributed by atoms with Crippen LogP contribution in [-0.4, -0.2) is 17.6 Å². The van der Waals surface area contributed by atoms with E-state index in [1.165, 1.54) is 0 Å². The van der Waals surface area contributed by atoms with E-state index in [9.17, 15) is 4.79 Å². The van der Waals surface area contributed by atoms with Crippen molar-refractivity contribution in [1.29, 1.82) is 0 Å². The lowest BCUT2D eigenvalue weighted by atomic mass is 10.1. The first-order valence-corrected chi connectivity index (χ1v) is 6.36. The summed E-state index contributed by atoms with van der Waals surface area (Å²) in [6.07, 6.45) is 0. The highest BCUT2D eigenvalue weighted by Crippen LogP contribution is 2.34. The molecule has 0 aliphatic carbocycles. The highest BCUT2D eigenvalue weighted by Gasteiger charge is 2.18. The van der Waals surface area contributed by atoms with Crippen molar-refractivity contribution in [2.45, 2.75) is 13.8 Å². The van der Waals surface area contributed by atoms with Gasteiger partial charge in [0, 0.05) is 15.4 Å². The molecule has 3 nitrogen and oxygen atoms in total. The van der Waals surface area contributed by atoms with Gasteiger partial charge < -0.3 is 9.72 Å². The average Bonchev–Trinajstić information content (AvgIpc) is 2.62. The summed E-state index contributed by atoms with van der Waals surface area (Å²) in [6.45, 7) is 4.00. The standard InChI is InChI=1S/C12H11BrClNO2/c1-3-17-12(16)11-6(2)9-8(15-11)5-4-7(14)10(9)13/h4-5,15H,3H2,1-2H3. The number of rotatable bonds is 2. The summed E-state index contributed by atoms with van der Waals surface area (Å²) in [5, 5.41) is 1.54. The number of esters is 1. The van der Waals surface area contributed by atoms with Gasteiger partial charge in [0.05, 0.1) is 11.6 Å². The molecule has 0 radical (unpaired) electrons. The number of aromatic amines is 1. The van der Waals surface area contributed by atoms with Crippen LogP contribution in [0.4, 0.5) is 0 Å². The number of hydrogen-bond acceptors (Lipinski definition) is 2. The summed E-state index contributed by atoms with van der Waals surface area (Å²) in [6, 6.07) is 3.62. The van der Waals surface area contributed by atoms with E-state index in [0.717, 1.165) is 20.9 Å². The van der Waals surface area contributed by atoms with Gasteiger partial charge in [-0.2, -0.15) is 0 Å². The second-order valence-corrected chi connectivity index (χ2v) is 4.83. The highest BCUT2D eigenvalue weighted by atomic mass is 79.9. The third-order valence-corrected chi connectivity index (χ3v) is 3.95. The number of carbonyl (C=O) groups is 1. The van der Waals surface area contributed by atoms with Gasteiger partial charge in [0.15, 0.2) is 0 Å². The molecule has 1 aromatic heterocycles. The van der Waals surface area contributed by atoms with E-state index in [4.69, 9.17) is 16.3 Å². The zero-order chi connectivity index (χ0) is 12.6. The maximum atomic E-state index is 11.7. The van der Waals surface area contributed by atoms with Gasteiger partial charge in [-0.25, -0.2) is 4.79 Å². The minimum Gasteiger partial charge on any atom is -0.461 e. The molecule has 0 spiro atoms. The third-order valence-electron chi connectivity index (χ3n) is 2.58. The third kappa shape index (κ3) is 2.07. The van der Waals surface area contributed by atoms with Gasteiger partial charge in [-0.1, -0.05) is 11.6 Å². The monoisotopic (exact) mass is 315 g/mol. The number of benzene rings is 1. The topological polar surface area (TPSA) is 42.1 Å². The normalized spacial score (nSPS) is 10.8. The van der Waals surface area contributed by atoms with Crippen LogP contribution in [0.25, 0.3) is 10.9 Å². The van der Waals surface area contributed by atoms with Crippen LogP contribution in [0.15, 0.2) is 16.6 Å². The Hall–Kier alpha value is -1.000. The molecule has 0 aliphatic rings. The fourth-order valence-corrected chi connectivity index (χ4v) is 2.58. The molecule has 0 saturated heterocycles. The van der Waals surface area contributed by atoms with Crippen molar-refractivity contribution in [2.75, 3.05) is 6.61 Å². The van der Waals surface area contributed by atoms with Gasteiger partial charge in [-0.3, -0.25) is 0 Å². The smallest absolute Gasteiger partial charge is 0.355 e. The van der Waals surface area contributed by atoms with Crippen LogP contribution >= 0.6 is 27.5 Å². The highest BCUT2D eigenvalue weighted by molar-refractivity contribution is 9.10. The lowest BCUT2D eigenvalue weighted by Crippen LogP contribution is -2.06. The Labute approximate surface area is 112 Å². The molecule has 1 N–H and O–H groups in total. The zero-order valence-electron chi connectivity index (χ0n) is 9.43. The van der Waals surface area contributed by atoms with Gasteiger partial charge in [-0.05, 0) is 47.5 Å². The molecule has 2 rings (SSSR count). The molecule has 0 unspecified atom stereocenters. The molecule has 0 amide bonds. The van der Waals surface area contributed by atoms with Crippen molar-refractivity contribution in [1.82, 2.24) is 4.98 Å². The molecular weight excluding hydrogens is 305 g/mol. The van der Waals surface area contributed by atoms with Crippen LogP contribution in [0.1, 0.15) is 23.0 Å². The van der Waals surface area contributed by atoms with Gasteiger partial charge in [0.2, 0.25) is 0 Å². The minimum atomic E-state index is -0.343. The Morgan fingerprint density at radius 3 is 2.88 bits per heavy atom. The van der Waals surface area contributed by atoms with Gasteiger partial charge in [-0.15, -0.1) is 0 Å². The van der Waals surface area contributed by atoms with E-state index < -0.39 is 0 Å². The molecule has 17 heavy (non-hydrogen) atoms. The molecule has 0 saturated carbocycles. The minimum absolute atomic E-state index is 0.343. The number of ether oxygens (including phenoxy) is 1. The lowest BCUT2D eigenvalue weighted by molar-refractivity contribution is 0.0520. The summed E-state index contributed by atoms with van der Waals surface area (Å²) in [5.41, 5.74) is 2.18. The maximum Gasteiger partial charge on any atom is 0.355 e. The van der Waals surface area contributed by atoms with Crippen molar-refractivity contribution in [3.8, 4) is 0 Å². The van der Waals surface area contributed by atoms with Crippen molar-refractivity contribution in [3.05, 3.63) is 32.9 Å². The number of aromatic nitrogens is 1. The first-order valence-electron chi connectivity index (χ1n) is 5.19. The van der Waals surface area contributed by atoms with Crippen LogP contribution in [0.5, 0.6) is 0 Å². The molecule has 2 aromatic rings. The maximum absolute atomic E-state index is 11.7. The Morgan fingerprint density at radius 2 is 2.24 bits per heavy atom. The van der Waals surface area contributed by atoms with Crippen LogP contribution in [0, 0.1) is 6.92 Å². The Bertz CT molecular complexity index is 592. The second kappa shape index (κ2) is 4.70. The number of halogens is 2. The lowest BCUT2D eigenvalue weighted by Gasteiger charge is -2.00. The van der Waals surface area contributed by atoms with Crippen molar-refractivity contribution < 1.29 is 9.53 Å². The number of nitrogens with one attached hydrogen (secondary N) is 1. The number of fused-ring (bicyclic) bond motifs is 1. The number of carbonyl (C=O) groups excluding carboxylic acids is 1. The largest absolute Gasteiger partial charge is 0.461 e. The molecule has 1 aromatic carbocycles. The molecule has 90 valence electrons. The van der Waals surface area contributed by atoms with Crippen molar-refractivity contribution in [2.24, 2.45) is 0 Å². The summed E-state index contributed by atoms with van der Waals surface area (Å²) in [7, 11) is 0. The summed E-state index contributed by atoms with van der Waals surface area (Å²) in [4.78, 5) is 14.8. The fraction of sp³-hybridized carbons (Fsp3) is 0.250. The summed E-state index contributed by atoms with van der Waals surface area (Å²) >= 11 is 9.46. The zero-order valence-corrected chi connectivity index (χ0v) is 11.8. The molecule has 0 aliphatic heterocycles. The number of H-pyrrole nitrogens is 1. The first-order chi connectivity index (χ1) is 8.06. The molecule has 1 heterocycles. The van der Waals surface area contributed by atoms with E-state index in [1.54, 1.807) is 13.0 Å². The van der Waals surface area contributed by atoms with Crippen molar-refractivity contribution >= 4 is 44.4 Å². The Balaban J connectivity index is 2.65. The van der Waals surface area contributed by atoms with Crippen LogP contribution in [0.3, 0.4) is 0 Å². The quantitative estimate of drug-likeness (QED) is 0.849. The number of aryl methyl sites for hydroxylation is 1. The fourth-order valence-electron chi connectivity index (χ4n) is 1.78. The number of hydrogen-bond donors (Lipinski definition) is 1. The van der Waals surface area contributed by atoms with Gasteiger partial charge >= 0.3 is 5.97 Å². The van der Waals surface area contributed by atoms with Gasteiger partial charge in [0.1, 0.15) is 5.69 Å². The van der Waals surface area contributed by atoms with E-state index in [0.29, 0.717) is 17.3 Å². The van der Waals surface area contributed by atoms with Crippen LogP contribution < -0.4 is 0 Å². The summed E-state index contributed by atoms with van der Waals surface area (Å²) in [5.74, 6) is -0.343. The second-order valence-electron chi connectivity index (χ2n) is 3.63. The average molecular weight is 317 g/mol. The van der Waals surface area contributed by atoms with E-state index in [2.05, 4.69) is 20.9 Å². The summed E-state index contributed by atoms with van der Waals surface area (Å²) < 4.78 is 5.78. The predicted octanol–water partition coefficient (Wildman–Crippen LogP) is 4.07. The molecular formula is C12H11BrClNO2. The van der Waals surface area contributed by atoms with E-state index in [1.807, 2.05) is 13.0 Å². The van der Waals surface area contributed by atoms with Gasteiger partial charge in [0.25, 0.3) is 0 Å². The van der Waals surface area contributed by atoms with Crippen LogP contribution in [-0.2, 0) is 4.74 Å². The van der Waals surface area contributed by atoms with Crippen molar-refractivity contribution in [3.63, 3.8) is 0 Å². The Kier molecular flexibility index (Phi) is 3.45. The van der Waals surface area contributed by atoms with E-state index >= 15 is 0 Å². The SMILES string of the molecule is CCOC(=O)c1[nH]c2ccc(Cl)c(Br)c2c1C. The first kappa shape index (κ1) is 12.5.